The molecule has 0 N–H and O–H groups in total. The van der Waals surface area contributed by atoms with E-state index in [2.05, 4.69) is 26.0 Å². The highest BCUT2D eigenvalue weighted by atomic mass is 79.9. The number of pyridine rings is 1. The van der Waals surface area contributed by atoms with Crippen LogP contribution in [-0.4, -0.2) is 27.2 Å². The van der Waals surface area contributed by atoms with Crippen molar-refractivity contribution < 1.29 is 13.6 Å². The molecule has 0 saturated heterocycles. The highest BCUT2D eigenvalue weighted by molar-refractivity contribution is 9.10. The van der Waals surface area contributed by atoms with Crippen LogP contribution in [0.5, 0.6) is 0 Å². The Labute approximate surface area is 169 Å². The summed E-state index contributed by atoms with van der Waals surface area (Å²) in [5, 5.41) is 4.48. The number of benzene rings is 1. The second kappa shape index (κ2) is 7.43. The molecule has 3 aromatic rings. The molecular formula is C20H17BrF2N4O. The van der Waals surface area contributed by atoms with Gasteiger partial charge in [0.05, 0.1) is 5.69 Å². The summed E-state index contributed by atoms with van der Waals surface area (Å²) in [6.45, 7) is 2.30. The van der Waals surface area contributed by atoms with Crippen molar-refractivity contribution in [3.05, 3.63) is 69.6 Å². The van der Waals surface area contributed by atoms with E-state index in [1.165, 1.54) is 6.07 Å². The zero-order valence-corrected chi connectivity index (χ0v) is 16.7. The topological polar surface area (TPSA) is 51.0 Å². The predicted molar refractivity (Wildman–Crippen MR) is 105 cm³/mol. The van der Waals surface area contributed by atoms with E-state index in [1.54, 1.807) is 21.8 Å². The Hall–Kier alpha value is -2.61. The van der Waals surface area contributed by atoms with Crippen LogP contribution in [0.1, 0.15) is 35.1 Å². The number of carbonyl (C=O) groups excluding carboxylic acids is 1. The van der Waals surface area contributed by atoms with E-state index in [9.17, 15) is 13.6 Å². The minimum atomic E-state index is -0.943. The minimum absolute atomic E-state index is 0.253. The summed E-state index contributed by atoms with van der Waals surface area (Å²) in [6.07, 6.45) is 3.98. The number of fused-ring (bicyclic) bond motifs is 1. The van der Waals surface area contributed by atoms with E-state index >= 15 is 0 Å². The summed E-state index contributed by atoms with van der Waals surface area (Å²) in [6, 6.07) is 7.22. The van der Waals surface area contributed by atoms with Crippen LogP contribution >= 0.6 is 15.9 Å². The molecular weight excluding hydrogens is 430 g/mol. The van der Waals surface area contributed by atoms with Gasteiger partial charge in [-0.2, -0.15) is 5.10 Å². The number of hydrogen-bond acceptors (Lipinski definition) is 3. The van der Waals surface area contributed by atoms with E-state index in [0.29, 0.717) is 23.7 Å². The first kappa shape index (κ1) is 18.7. The molecule has 2 heterocycles. The summed E-state index contributed by atoms with van der Waals surface area (Å²) in [5.74, 6) is -1.58. The molecule has 0 radical (unpaired) electrons. The highest BCUT2D eigenvalue weighted by Crippen LogP contribution is 2.30. The maximum absolute atomic E-state index is 13.7. The molecule has 0 aliphatic heterocycles. The smallest absolute Gasteiger partial charge is 0.280 e. The monoisotopic (exact) mass is 446 g/mol. The van der Waals surface area contributed by atoms with E-state index in [1.807, 2.05) is 13.0 Å². The number of halogens is 3. The van der Waals surface area contributed by atoms with Crippen molar-refractivity contribution in [3.63, 3.8) is 0 Å². The lowest BCUT2D eigenvalue weighted by Gasteiger charge is -2.19. The van der Waals surface area contributed by atoms with Crippen LogP contribution in [0.15, 0.2) is 41.0 Å². The Morgan fingerprint density at radius 2 is 2.04 bits per heavy atom. The molecule has 0 atom stereocenters. The zero-order chi connectivity index (χ0) is 19.8. The number of anilines is 1. The average Bonchev–Trinajstić information content (AvgIpc) is 3.29. The van der Waals surface area contributed by atoms with Gasteiger partial charge in [0.2, 0.25) is 0 Å². The first-order chi connectivity index (χ1) is 13.5. The second-order valence-corrected chi connectivity index (χ2v) is 7.44. The lowest BCUT2D eigenvalue weighted by molar-refractivity contribution is 0.0981. The summed E-state index contributed by atoms with van der Waals surface area (Å²) in [7, 11) is 0. The maximum atomic E-state index is 13.7. The molecule has 0 spiro atoms. The van der Waals surface area contributed by atoms with Crippen LogP contribution in [0, 0.1) is 11.6 Å². The van der Waals surface area contributed by atoms with Gasteiger partial charge >= 0.3 is 0 Å². The van der Waals surface area contributed by atoms with Gasteiger partial charge in [0.15, 0.2) is 17.3 Å². The molecule has 1 aliphatic rings. The maximum Gasteiger partial charge on any atom is 0.280 e. The zero-order valence-electron chi connectivity index (χ0n) is 15.1. The van der Waals surface area contributed by atoms with E-state index in [4.69, 9.17) is 0 Å². The molecule has 144 valence electrons. The first-order valence-corrected chi connectivity index (χ1v) is 9.78. The molecule has 0 fully saturated rings. The molecule has 4 rings (SSSR count). The van der Waals surface area contributed by atoms with Gasteiger partial charge in [0.25, 0.3) is 5.91 Å². The van der Waals surface area contributed by atoms with Crippen LogP contribution in [-0.2, 0) is 12.8 Å². The molecule has 5 nitrogen and oxygen atoms in total. The number of rotatable bonds is 4. The fraction of sp³-hybridized carbons (Fsp3) is 0.250. The Morgan fingerprint density at radius 3 is 2.71 bits per heavy atom. The molecule has 28 heavy (non-hydrogen) atoms. The predicted octanol–water partition coefficient (Wildman–Crippen LogP) is 4.46. The van der Waals surface area contributed by atoms with Crippen molar-refractivity contribution in [2.75, 3.05) is 11.4 Å². The minimum Gasteiger partial charge on any atom is -0.292 e. The van der Waals surface area contributed by atoms with Crippen molar-refractivity contribution in [2.45, 2.75) is 26.2 Å². The lowest BCUT2D eigenvalue weighted by Crippen LogP contribution is -2.32. The number of hydrogen-bond donors (Lipinski definition) is 0. The van der Waals surface area contributed by atoms with Crippen LogP contribution in [0.4, 0.5) is 14.6 Å². The molecule has 0 unspecified atom stereocenters. The fourth-order valence-corrected chi connectivity index (χ4v) is 3.74. The summed E-state index contributed by atoms with van der Waals surface area (Å²) < 4.78 is 29.4. The van der Waals surface area contributed by atoms with Crippen molar-refractivity contribution in [3.8, 4) is 5.69 Å². The molecule has 0 saturated carbocycles. The van der Waals surface area contributed by atoms with Crippen LogP contribution in [0.25, 0.3) is 5.69 Å². The van der Waals surface area contributed by atoms with Gasteiger partial charge in [-0.05, 0) is 66.4 Å². The Bertz CT molecular complexity index is 1050. The summed E-state index contributed by atoms with van der Waals surface area (Å²) >= 11 is 3.34. The van der Waals surface area contributed by atoms with Gasteiger partial charge in [0, 0.05) is 34.5 Å². The van der Waals surface area contributed by atoms with E-state index < -0.39 is 11.6 Å². The van der Waals surface area contributed by atoms with Gasteiger partial charge in [0.1, 0.15) is 5.82 Å². The van der Waals surface area contributed by atoms with Crippen LogP contribution < -0.4 is 4.90 Å². The third-order valence-corrected chi connectivity index (χ3v) is 5.30. The highest BCUT2D eigenvalue weighted by Gasteiger charge is 2.30. The molecule has 1 amide bonds. The lowest BCUT2D eigenvalue weighted by atomic mass is 10.2. The van der Waals surface area contributed by atoms with Gasteiger partial charge < -0.3 is 0 Å². The second-order valence-electron chi connectivity index (χ2n) is 6.52. The van der Waals surface area contributed by atoms with Gasteiger partial charge in [-0.25, -0.2) is 18.4 Å². The Morgan fingerprint density at radius 1 is 1.21 bits per heavy atom. The quantitative estimate of drug-likeness (QED) is 0.594. The largest absolute Gasteiger partial charge is 0.292 e. The molecule has 2 aromatic heterocycles. The van der Waals surface area contributed by atoms with Gasteiger partial charge in [-0.3, -0.25) is 9.69 Å². The van der Waals surface area contributed by atoms with Crippen molar-refractivity contribution in [1.29, 1.82) is 0 Å². The number of amides is 1. The number of carbonyl (C=O) groups is 1. The Kier molecular flexibility index (Phi) is 4.97. The van der Waals surface area contributed by atoms with E-state index in [-0.39, 0.29) is 5.91 Å². The first-order valence-electron chi connectivity index (χ1n) is 8.99. The summed E-state index contributed by atoms with van der Waals surface area (Å²) in [5.41, 5.74) is 2.48. The van der Waals surface area contributed by atoms with Crippen molar-refractivity contribution in [1.82, 2.24) is 14.8 Å². The van der Waals surface area contributed by atoms with Crippen LogP contribution in [0.2, 0.25) is 0 Å². The van der Waals surface area contributed by atoms with Crippen molar-refractivity contribution >= 4 is 27.7 Å². The SMILES string of the molecule is CCN(C(=O)c1nn(-c2ccc(F)c(F)c2)c2c1CCC2)c1ccc(Br)cn1. The average molecular weight is 447 g/mol. The van der Waals surface area contributed by atoms with Gasteiger partial charge in [-0.15, -0.1) is 0 Å². The fourth-order valence-electron chi connectivity index (χ4n) is 3.50. The van der Waals surface area contributed by atoms with Gasteiger partial charge in [-0.1, -0.05) is 0 Å². The molecule has 1 aliphatic carbocycles. The van der Waals surface area contributed by atoms with Crippen LogP contribution in [0.3, 0.4) is 0 Å². The third kappa shape index (κ3) is 3.22. The normalized spacial score (nSPS) is 12.9. The molecule has 0 bridgehead atoms. The van der Waals surface area contributed by atoms with E-state index in [0.717, 1.165) is 47.1 Å². The number of aromatic nitrogens is 3. The molecule has 8 heteroatoms. The molecule has 1 aromatic carbocycles. The standard InChI is InChI=1S/C20H17BrF2N4O/c1-2-26(18-9-6-12(21)11-24-18)20(28)19-14-4-3-5-17(14)27(25-19)13-7-8-15(22)16(23)10-13/h6-11H,2-5H2,1H3. The van der Waals surface area contributed by atoms with Crippen molar-refractivity contribution in [2.24, 2.45) is 0 Å². The third-order valence-electron chi connectivity index (χ3n) is 4.83. The Balaban J connectivity index is 1.76. The number of nitrogens with zero attached hydrogens (tertiary/aromatic N) is 4. The summed E-state index contributed by atoms with van der Waals surface area (Å²) in [4.78, 5) is 19.1.